The molecule has 0 saturated heterocycles. The van der Waals surface area contributed by atoms with E-state index in [1.54, 1.807) is 0 Å². The summed E-state index contributed by atoms with van der Waals surface area (Å²) in [6, 6.07) is 17.8. The normalized spacial score (nSPS) is 13.8. The summed E-state index contributed by atoms with van der Waals surface area (Å²) in [5, 5.41) is 0. The Hall–Kier alpha value is -1.32. The van der Waals surface area contributed by atoms with Gasteiger partial charge in [0, 0.05) is 16.1 Å². The lowest BCUT2D eigenvalue weighted by Crippen LogP contribution is -2.31. The van der Waals surface area contributed by atoms with E-state index in [2.05, 4.69) is 22.9 Å². The molecule has 0 radical (unpaired) electrons. The molecular formula is C16H18BrNO. The second-order valence-electron chi connectivity index (χ2n) is 4.45. The van der Waals surface area contributed by atoms with Crippen molar-refractivity contribution >= 4 is 15.9 Å². The smallest absolute Gasteiger partial charge is 0.140 e. The van der Waals surface area contributed by atoms with Crippen LogP contribution in [0.25, 0.3) is 0 Å². The molecule has 0 spiro atoms. The molecule has 100 valence electrons. The number of nitrogens with two attached hydrogens (primary N) is 1. The van der Waals surface area contributed by atoms with Crippen LogP contribution < -0.4 is 10.5 Å². The molecule has 2 aromatic rings. The predicted molar refractivity (Wildman–Crippen MR) is 82.2 cm³/mol. The average molecular weight is 320 g/mol. The van der Waals surface area contributed by atoms with Gasteiger partial charge >= 0.3 is 0 Å². The zero-order valence-corrected chi connectivity index (χ0v) is 12.5. The second-order valence-corrected chi connectivity index (χ2v) is 5.30. The first-order valence-corrected chi connectivity index (χ1v) is 7.23. The van der Waals surface area contributed by atoms with Gasteiger partial charge in [0.25, 0.3) is 0 Å². The van der Waals surface area contributed by atoms with Gasteiger partial charge in [0.05, 0.1) is 0 Å². The van der Waals surface area contributed by atoms with E-state index in [0.29, 0.717) is 0 Å². The van der Waals surface area contributed by atoms with Crippen molar-refractivity contribution in [2.45, 2.75) is 25.5 Å². The highest BCUT2D eigenvalue weighted by atomic mass is 79.9. The molecule has 0 heterocycles. The standard InChI is InChI=1S/C16H18BrNO/c1-2-15(18)16(13-10-6-7-11-14(13)17)19-12-8-4-3-5-9-12/h3-11,15-16H,2,18H2,1H3. The van der Waals surface area contributed by atoms with E-state index < -0.39 is 0 Å². The van der Waals surface area contributed by atoms with E-state index in [4.69, 9.17) is 10.5 Å². The van der Waals surface area contributed by atoms with E-state index in [-0.39, 0.29) is 12.1 Å². The zero-order valence-electron chi connectivity index (χ0n) is 10.9. The first-order valence-electron chi connectivity index (χ1n) is 6.44. The van der Waals surface area contributed by atoms with Gasteiger partial charge in [-0.25, -0.2) is 0 Å². The van der Waals surface area contributed by atoms with Crippen molar-refractivity contribution in [1.29, 1.82) is 0 Å². The summed E-state index contributed by atoms with van der Waals surface area (Å²) in [7, 11) is 0. The molecule has 0 aromatic heterocycles. The zero-order chi connectivity index (χ0) is 13.7. The summed E-state index contributed by atoms with van der Waals surface area (Å²) in [5.41, 5.74) is 7.30. The maximum atomic E-state index is 6.22. The van der Waals surface area contributed by atoms with Crippen molar-refractivity contribution in [1.82, 2.24) is 0 Å². The summed E-state index contributed by atoms with van der Waals surface area (Å²) in [6.07, 6.45) is 0.710. The van der Waals surface area contributed by atoms with E-state index >= 15 is 0 Å². The highest BCUT2D eigenvalue weighted by molar-refractivity contribution is 9.10. The van der Waals surface area contributed by atoms with E-state index in [9.17, 15) is 0 Å². The Kier molecular flexibility index (Phi) is 5.00. The first-order chi connectivity index (χ1) is 9.22. The molecule has 0 aliphatic rings. The summed E-state index contributed by atoms with van der Waals surface area (Å²) in [4.78, 5) is 0. The van der Waals surface area contributed by atoms with E-state index in [1.165, 1.54) is 0 Å². The molecule has 0 aliphatic heterocycles. The molecule has 2 N–H and O–H groups in total. The third-order valence-electron chi connectivity index (χ3n) is 3.08. The Morgan fingerprint density at radius 1 is 1.05 bits per heavy atom. The molecule has 2 unspecified atom stereocenters. The molecular weight excluding hydrogens is 302 g/mol. The third-order valence-corrected chi connectivity index (χ3v) is 3.80. The van der Waals surface area contributed by atoms with Gasteiger partial charge in [0.1, 0.15) is 11.9 Å². The van der Waals surface area contributed by atoms with E-state index in [1.807, 2.05) is 54.6 Å². The van der Waals surface area contributed by atoms with Gasteiger partial charge in [-0.15, -0.1) is 0 Å². The van der Waals surface area contributed by atoms with Crippen molar-refractivity contribution in [3.63, 3.8) is 0 Å². The highest BCUT2D eigenvalue weighted by Crippen LogP contribution is 2.30. The van der Waals surface area contributed by atoms with Crippen LogP contribution in [0.5, 0.6) is 5.75 Å². The van der Waals surface area contributed by atoms with Crippen LogP contribution in [-0.2, 0) is 0 Å². The average Bonchev–Trinajstić information content (AvgIpc) is 2.46. The molecule has 3 heteroatoms. The Morgan fingerprint density at radius 3 is 2.32 bits per heavy atom. The van der Waals surface area contributed by atoms with Crippen molar-refractivity contribution in [2.75, 3.05) is 0 Å². The van der Waals surface area contributed by atoms with Crippen LogP contribution in [0, 0.1) is 0 Å². The van der Waals surface area contributed by atoms with Gasteiger partial charge in [-0.2, -0.15) is 0 Å². The molecule has 2 aromatic carbocycles. The lowest BCUT2D eigenvalue weighted by molar-refractivity contribution is 0.170. The Labute approximate surface area is 122 Å². The Balaban J connectivity index is 2.29. The third kappa shape index (κ3) is 3.58. The number of ether oxygens (including phenoxy) is 1. The minimum atomic E-state index is -0.150. The monoisotopic (exact) mass is 319 g/mol. The van der Waals surface area contributed by atoms with Crippen LogP contribution >= 0.6 is 15.9 Å². The molecule has 0 bridgehead atoms. The van der Waals surface area contributed by atoms with Gasteiger partial charge in [0.2, 0.25) is 0 Å². The van der Waals surface area contributed by atoms with E-state index in [0.717, 1.165) is 22.2 Å². The van der Waals surface area contributed by atoms with Crippen molar-refractivity contribution in [3.8, 4) is 5.75 Å². The lowest BCUT2D eigenvalue weighted by atomic mass is 10.0. The SMILES string of the molecule is CCC(N)C(Oc1ccccc1)c1ccccc1Br. The van der Waals surface area contributed by atoms with Gasteiger partial charge in [0.15, 0.2) is 0 Å². The number of benzene rings is 2. The Morgan fingerprint density at radius 2 is 1.68 bits per heavy atom. The molecule has 19 heavy (non-hydrogen) atoms. The summed E-state index contributed by atoms with van der Waals surface area (Å²) < 4.78 is 7.11. The topological polar surface area (TPSA) is 35.2 Å². The maximum Gasteiger partial charge on any atom is 0.140 e. The fourth-order valence-corrected chi connectivity index (χ4v) is 2.46. The van der Waals surface area contributed by atoms with Crippen LogP contribution in [0.4, 0.5) is 0 Å². The van der Waals surface area contributed by atoms with Crippen LogP contribution in [-0.4, -0.2) is 6.04 Å². The van der Waals surface area contributed by atoms with Gasteiger partial charge in [-0.3, -0.25) is 0 Å². The van der Waals surface area contributed by atoms with Crippen LogP contribution in [0.3, 0.4) is 0 Å². The molecule has 0 fully saturated rings. The number of hydrogen-bond acceptors (Lipinski definition) is 2. The quantitative estimate of drug-likeness (QED) is 0.891. The minimum absolute atomic E-state index is 0.0427. The Bertz CT molecular complexity index is 515. The predicted octanol–water partition coefficient (Wildman–Crippen LogP) is 4.31. The van der Waals surface area contributed by atoms with Crippen molar-refractivity contribution in [3.05, 3.63) is 64.6 Å². The number of hydrogen-bond donors (Lipinski definition) is 1. The first kappa shape index (κ1) is 14.1. The number of halogens is 1. The number of rotatable bonds is 5. The summed E-state index contributed by atoms with van der Waals surface area (Å²) in [6.45, 7) is 2.07. The molecule has 2 atom stereocenters. The summed E-state index contributed by atoms with van der Waals surface area (Å²) >= 11 is 3.57. The summed E-state index contributed by atoms with van der Waals surface area (Å²) in [5.74, 6) is 0.840. The van der Waals surface area contributed by atoms with Crippen LogP contribution in [0.15, 0.2) is 59.1 Å². The van der Waals surface area contributed by atoms with Crippen molar-refractivity contribution < 1.29 is 4.74 Å². The molecule has 2 rings (SSSR count). The maximum absolute atomic E-state index is 6.22. The molecule has 0 amide bonds. The molecule has 0 saturated carbocycles. The van der Waals surface area contributed by atoms with Crippen molar-refractivity contribution in [2.24, 2.45) is 5.73 Å². The van der Waals surface area contributed by atoms with Gasteiger partial charge in [-0.1, -0.05) is 59.3 Å². The van der Waals surface area contributed by atoms with Gasteiger partial charge in [-0.05, 0) is 24.6 Å². The lowest BCUT2D eigenvalue weighted by Gasteiger charge is -2.25. The molecule has 2 nitrogen and oxygen atoms in total. The minimum Gasteiger partial charge on any atom is -0.484 e. The highest BCUT2D eigenvalue weighted by Gasteiger charge is 2.22. The fourth-order valence-electron chi connectivity index (χ4n) is 1.95. The second kappa shape index (κ2) is 6.73. The fraction of sp³-hybridized carbons (Fsp3) is 0.250. The van der Waals surface area contributed by atoms with Crippen LogP contribution in [0.2, 0.25) is 0 Å². The van der Waals surface area contributed by atoms with Gasteiger partial charge < -0.3 is 10.5 Å². The molecule has 0 aliphatic carbocycles. The largest absolute Gasteiger partial charge is 0.484 e. The number of para-hydroxylation sites is 1. The van der Waals surface area contributed by atoms with Crippen LogP contribution in [0.1, 0.15) is 25.0 Å².